The van der Waals surface area contributed by atoms with Crippen LogP contribution in [0.15, 0.2) is 48.5 Å². The molecule has 0 fully saturated rings. The topological polar surface area (TPSA) is 38.3 Å². The van der Waals surface area contributed by atoms with Gasteiger partial charge in [-0.15, -0.1) is 0 Å². The SMILES string of the molecule is CCC(NC(=O)c1cccc(OC)c1)c1cccc(Cl)c1. The van der Waals surface area contributed by atoms with Crippen LogP contribution in [-0.4, -0.2) is 13.0 Å². The van der Waals surface area contributed by atoms with Gasteiger partial charge in [-0.1, -0.05) is 36.7 Å². The summed E-state index contributed by atoms with van der Waals surface area (Å²) in [5.41, 5.74) is 1.58. The molecule has 0 aliphatic rings. The highest BCUT2D eigenvalue weighted by molar-refractivity contribution is 6.30. The van der Waals surface area contributed by atoms with Crippen LogP contribution in [0.2, 0.25) is 5.02 Å². The van der Waals surface area contributed by atoms with Gasteiger partial charge in [-0.2, -0.15) is 0 Å². The molecule has 1 unspecified atom stereocenters. The molecule has 1 amide bonds. The maximum atomic E-state index is 12.3. The zero-order valence-electron chi connectivity index (χ0n) is 12.1. The molecule has 0 bridgehead atoms. The van der Waals surface area contributed by atoms with Crippen molar-refractivity contribution in [3.63, 3.8) is 0 Å². The fraction of sp³-hybridized carbons (Fsp3) is 0.235. The second-order valence-electron chi connectivity index (χ2n) is 4.72. The maximum absolute atomic E-state index is 12.3. The first-order chi connectivity index (χ1) is 10.1. The minimum Gasteiger partial charge on any atom is -0.497 e. The van der Waals surface area contributed by atoms with E-state index >= 15 is 0 Å². The van der Waals surface area contributed by atoms with E-state index in [1.807, 2.05) is 37.3 Å². The summed E-state index contributed by atoms with van der Waals surface area (Å²) in [6.07, 6.45) is 0.788. The van der Waals surface area contributed by atoms with Crippen molar-refractivity contribution in [2.24, 2.45) is 0 Å². The van der Waals surface area contributed by atoms with E-state index in [1.165, 1.54) is 0 Å². The number of rotatable bonds is 5. The summed E-state index contributed by atoms with van der Waals surface area (Å²) < 4.78 is 5.14. The highest BCUT2D eigenvalue weighted by atomic mass is 35.5. The highest BCUT2D eigenvalue weighted by Gasteiger charge is 2.14. The second-order valence-corrected chi connectivity index (χ2v) is 5.16. The molecule has 110 valence electrons. The van der Waals surface area contributed by atoms with Gasteiger partial charge in [0.15, 0.2) is 0 Å². The summed E-state index contributed by atoms with van der Waals surface area (Å²) in [6.45, 7) is 2.03. The summed E-state index contributed by atoms with van der Waals surface area (Å²) in [7, 11) is 1.58. The number of ether oxygens (including phenoxy) is 1. The highest BCUT2D eigenvalue weighted by Crippen LogP contribution is 2.21. The number of nitrogens with one attached hydrogen (secondary N) is 1. The van der Waals surface area contributed by atoms with E-state index in [0.29, 0.717) is 16.3 Å². The minimum absolute atomic E-state index is 0.0672. The van der Waals surface area contributed by atoms with Gasteiger partial charge in [-0.3, -0.25) is 4.79 Å². The van der Waals surface area contributed by atoms with E-state index in [0.717, 1.165) is 12.0 Å². The lowest BCUT2D eigenvalue weighted by molar-refractivity contribution is 0.0935. The molecule has 0 aromatic heterocycles. The van der Waals surface area contributed by atoms with Crippen molar-refractivity contribution in [1.29, 1.82) is 0 Å². The first kappa shape index (κ1) is 15.4. The Morgan fingerprint density at radius 1 is 1.24 bits per heavy atom. The Kier molecular flexibility index (Phi) is 5.23. The largest absolute Gasteiger partial charge is 0.497 e. The van der Waals surface area contributed by atoms with Crippen molar-refractivity contribution in [3.05, 3.63) is 64.7 Å². The van der Waals surface area contributed by atoms with Crippen LogP contribution in [0.5, 0.6) is 5.75 Å². The van der Waals surface area contributed by atoms with Crippen molar-refractivity contribution >= 4 is 17.5 Å². The molecule has 4 heteroatoms. The summed E-state index contributed by atoms with van der Waals surface area (Å²) in [5.74, 6) is 0.541. The van der Waals surface area contributed by atoms with E-state index in [-0.39, 0.29) is 11.9 Å². The van der Waals surface area contributed by atoms with Crippen molar-refractivity contribution in [1.82, 2.24) is 5.32 Å². The van der Waals surface area contributed by atoms with Crippen LogP contribution in [0, 0.1) is 0 Å². The van der Waals surface area contributed by atoms with Crippen LogP contribution >= 0.6 is 11.6 Å². The number of benzene rings is 2. The van der Waals surface area contributed by atoms with Crippen molar-refractivity contribution in [3.8, 4) is 5.75 Å². The average molecular weight is 304 g/mol. The predicted octanol–water partition coefficient (Wildman–Crippen LogP) is 4.23. The third-order valence-corrected chi connectivity index (χ3v) is 3.53. The van der Waals surface area contributed by atoms with E-state index in [9.17, 15) is 4.79 Å². The number of hydrogen-bond donors (Lipinski definition) is 1. The lowest BCUT2D eigenvalue weighted by Crippen LogP contribution is -2.28. The second kappa shape index (κ2) is 7.14. The van der Waals surface area contributed by atoms with Gasteiger partial charge in [0.05, 0.1) is 13.2 Å². The summed E-state index contributed by atoms with van der Waals surface area (Å²) in [6, 6.07) is 14.6. The lowest BCUT2D eigenvalue weighted by Gasteiger charge is -2.18. The zero-order chi connectivity index (χ0) is 15.2. The van der Waals surface area contributed by atoms with Crippen LogP contribution in [0.25, 0.3) is 0 Å². The van der Waals surface area contributed by atoms with Gasteiger partial charge in [0, 0.05) is 10.6 Å². The lowest BCUT2D eigenvalue weighted by atomic mass is 10.0. The first-order valence-electron chi connectivity index (χ1n) is 6.84. The summed E-state index contributed by atoms with van der Waals surface area (Å²) in [5, 5.41) is 3.69. The molecule has 3 nitrogen and oxygen atoms in total. The van der Waals surface area contributed by atoms with Crippen LogP contribution in [0.4, 0.5) is 0 Å². The molecule has 0 spiro atoms. The molecule has 0 saturated carbocycles. The Labute approximate surface area is 129 Å². The molecule has 2 aromatic carbocycles. The van der Waals surface area contributed by atoms with E-state index < -0.39 is 0 Å². The third-order valence-electron chi connectivity index (χ3n) is 3.30. The maximum Gasteiger partial charge on any atom is 0.251 e. The Morgan fingerprint density at radius 2 is 2.00 bits per heavy atom. The molecule has 0 heterocycles. The molecule has 0 aliphatic heterocycles. The van der Waals surface area contributed by atoms with Gasteiger partial charge in [-0.05, 0) is 42.3 Å². The normalized spacial score (nSPS) is 11.8. The van der Waals surface area contributed by atoms with Crippen molar-refractivity contribution in [2.45, 2.75) is 19.4 Å². The molecular formula is C17H18ClNO2. The quantitative estimate of drug-likeness (QED) is 0.897. The van der Waals surface area contributed by atoms with Crippen LogP contribution in [0.1, 0.15) is 35.3 Å². The van der Waals surface area contributed by atoms with Gasteiger partial charge < -0.3 is 10.1 Å². The third kappa shape index (κ3) is 3.99. The molecule has 0 aliphatic carbocycles. The summed E-state index contributed by atoms with van der Waals surface area (Å²) >= 11 is 6.01. The number of hydrogen-bond acceptors (Lipinski definition) is 2. The fourth-order valence-electron chi connectivity index (χ4n) is 2.15. The van der Waals surface area contributed by atoms with Gasteiger partial charge >= 0.3 is 0 Å². The molecule has 1 atom stereocenters. The van der Waals surface area contributed by atoms with Crippen LogP contribution in [-0.2, 0) is 0 Å². The molecule has 0 radical (unpaired) electrons. The van der Waals surface area contributed by atoms with Gasteiger partial charge in [0.2, 0.25) is 0 Å². The van der Waals surface area contributed by atoms with E-state index in [2.05, 4.69) is 5.32 Å². The monoisotopic (exact) mass is 303 g/mol. The Bertz CT molecular complexity index is 628. The van der Waals surface area contributed by atoms with Gasteiger partial charge in [-0.25, -0.2) is 0 Å². The van der Waals surface area contributed by atoms with E-state index in [1.54, 1.807) is 25.3 Å². The number of methoxy groups -OCH3 is 1. The zero-order valence-corrected chi connectivity index (χ0v) is 12.9. The fourth-order valence-corrected chi connectivity index (χ4v) is 2.35. The molecule has 2 rings (SSSR count). The number of carbonyl (C=O) groups excluding carboxylic acids is 1. The molecule has 1 N–H and O–H groups in total. The van der Waals surface area contributed by atoms with E-state index in [4.69, 9.17) is 16.3 Å². The van der Waals surface area contributed by atoms with Gasteiger partial charge in [0.25, 0.3) is 5.91 Å². The molecular weight excluding hydrogens is 286 g/mol. The molecule has 0 saturated heterocycles. The van der Waals surface area contributed by atoms with Gasteiger partial charge in [0.1, 0.15) is 5.75 Å². The Balaban J connectivity index is 2.16. The molecule has 2 aromatic rings. The number of carbonyl (C=O) groups is 1. The van der Waals surface area contributed by atoms with Crippen LogP contribution < -0.4 is 10.1 Å². The number of amides is 1. The van der Waals surface area contributed by atoms with Crippen molar-refractivity contribution < 1.29 is 9.53 Å². The molecule has 21 heavy (non-hydrogen) atoms. The minimum atomic E-state index is -0.124. The Morgan fingerprint density at radius 3 is 2.67 bits per heavy atom. The van der Waals surface area contributed by atoms with Crippen molar-refractivity contribution in [2.75, 3.05) is 7.11 Å². The van der Waals surface area contributed by atoms with Crippen LogP contribution in [0.3, 0.4) is 0 Å². The average Bonchev–Trinajstić information content (AvgIpc) is 2.52. The Hall–Kier alpha value is -2.00. The number of halogens is 1. The standard InChI is InChI=1S/C17H18ClNO2/c1-3-16(12-6-4-8-14(18)10-12)19-17(20)13-7-5-9-15(11-13)21-2/h4-11,16H,3H2,1-2H3,(H,19,20). The summed E-state index contributed by atoms with van der Waals surface area (Å²) in [4.78, 5) is 12.3. The predicted molar refractivity (Wildman–Crippen MR) is 84.9 cm³/mol. The first-order valence-corrected chi connectivity index (χ1v) is 7.22. The smallest absolute Gasteiger partial charge is 0.251 e.